The fourth-order valence-corrected chi connectivity index (χ4v) is 3.63. The normalized spacial score (nSPS) is 10.8. The molecular weight excluding hydrogens is 450 g/mol. The third-order valence-corrected chi connectivity index (χ3v) is 5.75. The number of benzene rings is 1. The van der Waals surface area contributed by atoms with Crippen molar-refractivity contribution >= 4 is 28.0 Å². The Hall–Kier alpha value is -3.47. The first-order chi connectivity index (χ1) is 15.7. The van der Waals surface area contributed by atoms with Gasteiger partial charge in [-0.2, -0.15) is 0 Å². The standard InChI is InChI=1S/C22H27N3O7S/c1-3-5-6-19(26)23-14-13-16-7-10-18(11-8-16)33(29,30)25-21(27)17-9-12-20(24-15-17)32-22(28)31-4-2/h7-12,15H,3-6,13-14H2,1-2H3,(H,23,26)(H,25,27). The molecule has 0 saturated carbocycles. The minimum atomic E-state index is -4.11. The Kier molecular flexibility index (Phi) is 9.80. The van der Waals surface area contributed by atoms with Gasteiger partial charge in [-0.1, -0.05) is 25.5 Å². The molecule has 0 saturated heterocycles. The average Bonchev–Trinajstić information content (AvgIpc) is 2.78. The maximum Gasteiger partial charge on any atom is 0.515 e. The number of carbonyl (C=O) groups is 3. The molecular formula is C22H27N3O7S. The zero-order chi connectivity index (χ0) is 24.3. The minimum Gasteiger partial charge on any atom is -0.434 e. The van der Waals surface area contributed by atoms with Crippen molar-refractivity contribution in [3.05, 3.63) is 53.7 Å². The second-order valence-corrected chi connectivity index (χ2v) is 8.63. The van der Waals surface area contributed by atoms with Gasteiger partial charge in [0.05, 0.1) is 17.1 Å². The summed E-state index contributed by atoms with van der Waals surface area (Å²) >= 11 is 0. The van der Waals surface area contributed by atoms with Crippen LogP contribution in [0.5, 0.6) is 5.88 Å². The van der Waals surface area contributed by atoms with Gasteiger partial charge < -0.3 is 14.8 Å². The summed E-state index contributed by atoms with van der Waals surface area (Å²) in [5.74, 6) is -0.984. The molecule has 2 amide bonds. The summed E-state index contributed by atoms with van der Waals surface area (Å²) in [4.78, 5) is 38.9. The summed E-state index contributed by atoms with van der Waals surface area (Å²) in [6.07, 6.45) is 2.97. The van der Waals surface area contributed by atoms with Gasteiger partial charge in [0.15, 0.2) is 0 Å². The van der Waals surface area contributed by atoms with Crippen LogP contribution in [0, 0.1) is 0 Å². The molecule has 1 aromatic heterocycles. The van der Waals surface area contributed by atoms with Crippen molar-refractivity contribution in [3.63, 3.8) is 0 Å². The SMILES string of the molecule is CCCCC(=O)NCCc1ccc(S(=O)(=O)NC(=O)c2ccc(OC(=O)OCC)nc2)cc1. The predicted molar refractivity (Wildman–Crippen MR) is 119 cm³/mol. The van der Waals surface area contributed by atoms with Gasteiger partial charge in [0.2, 0.25) is 11.8 Å². The number of ether oxygens (including phenoxy) is 2. The molecule has 0 bridgehead atoms. The van der Waals surface area contributed by atoms with Gasteiger partial charge in [-0.25, -0.2) is 22.9 Å². The van der Waals surface area contributed by atoms with Crippen LogP contribution >= 0.6 is 0 Å². The van der Waals surface area contributed by atoms with Gasteiger partial charge in [-0.3, -0.25) is 9.59 Å². The molecule has 0 unspecified atom stereocenters. The van der Waals surface area contributed by atoms with Crippen LogP contribution in [0.4, 0.5) is 4.79 Å². The lowest BCUT2D eigenvalue weighted by molar-refractivity contribution is -0.121. The van der Waals surface area contributed by atoms with Crippen molar-refractivity contribution in [1.29, 1.82) is 0 Å². The van der Waals surface area contributed by atoms with Crippen molar-refractivity contribution in [2.45, 2.75) is 44.4 Å². The van der Waals surface area contributed by atoms with Crippen LogP contribution in [0.1, 0.15) is 49.0 Å². The van der Waals surface area contributed by atoms with E-state index < -0.39 is 22.1 Å². The monoisotopic (exact) mass is 477 g/mol. The van der Waals surface area contributed by atoms with Gasteiger partial charge in [0.25, 0.3) is 15.9 Å². The molecule has 178 valence electrons. The zero-order valence-electron chi connectivity index (χ0n) is 18.5. The van der Waals surface area contributed by atoms with Crippen LogP contribution < -0.4 is 14.8 Å². The summed E-state index contributed by atoms with van der Waals surface area (Å²) in [6.45, 7) is 4.22. The van der Waals surface area contributed by atoms with E-state index in [0.29, 0.717) is 19.4 Å². The fourth-order valence-electron chi connectivity index (χ4n) is 2.65. The Morgan fingerprint density at radius 2 is 1.76 bits per heavy atom. The molecule has 2 rings (SSSR count). The van der Waals surface area contributed by atoms with E-state index in [0.717, 1.165) is 24.6 Å². The number of carbonyl (C=O) groups excluding carboxylic acids is 3. The minimum absolute atomic E-state index is 0.00580. The number of nitrogens with zero attached hydrogens (tertiary/aromatic N) is 1. The third-order valence-electron chi connectivity index (χ3n) is 4.40. The van der Waals surface area contributed by atoms with E-state index in [1.807, 2.05) is 11.6 Å². The van der Waals surface area contributed by atoms with Crippen LogP contribution in [-0.2, 0) is 26.0 Å². The van der Waals surface area contributed by atoms with Crippen molar-refractivity contribution in [2.24, 2.45) is 0 Å². The lowest BCUT2D eigenvalue weighted by Crippen LogP contribution is -2.30. The van der Waals surface area contributed by atoms with Gasteiger partial charge in [-0.15, -0.1) is 0 Å². The summed E-state index contributed by atoms with van der Waals surface area (Å²) in [5.41, 5.74) is 0.808. The van der Waals surface area contributed by atoms with E-state index in [1.54, 1.807) is 19.1 Å². The topological polar surface area (TPSA) is 141 Å². The molecule has 0 aliphatic heterocycles. The smallest absolute Gasteiger partial charge is 0.434 e. The van der Waals surface area contributed by atoms with Crippen LogP contribution in [0.3, 0.4) is 0 Å². The van der Waals surface area contributed by atoms with Crippen molar-refractivity contribution < 1.29 is 32.3 Å². The van der Waals surface area contributed by atoms with Crippen LogP contribution in [0.25, 0.3) is 0 Å². The quantitative estimate of drug-likeness (QED) is 0.471. The van der Waals surface area contributed by atoms with Gasteiger partial charge >= 0.3 is 6.16 Å². The Bertz CT molecular complexity index is 1050. The molecule has 0 fully saturated rings. The van der Waals surface area contributed by atoms with E-state index in [2.05, 4.69) is 15.0 Å². The van der Waals surface area contributed by atoms with Gasteiger partial charge in [0.1, 0.15) is 0 Å². The molecule has 0 atom stereocenters. The van der Waals surface area contributed by atoms with Crippen LogP contribution in [0.2, 0.25) is 0 Å². The van der Waals surface area contributed by atoms with E-state index >= 15 is 0 Å². The Morgan fingerprint density at radius 3 is 2.36 bits per heavy atom. The number of unbranched alkanes of at least 4 members (excludes halogenated alkanes) is 1. The molecule has 10 nitrogen and oxygen atoms in total. The maximum absolute atomic E-state index is 12.5. The van der Waals surface area contributed by atoms with Crippen molar-refractivity contribution in [1.82, 2.24) is 15.0 Å². The molecule has 0 aliphatic rings. The highest BCUT2D eigenvalue weighted by atomic mass is 32.2. The summed E-state index contributed by atoms with van der Waals surface area (Å²) in [6, 6.07) is 8.54. The van der Waals surface area contributed by atoms with E-state index in [9.17, 15) is 22.8 Å². The average molecular weight is 478 g/mol. The number of pyridine rings is 1. The fraction of sp³-hybridized carbons (Fsp3) is 0.364. The molecule has 11 heteroatoms. The summed E-state index contributed by atoms with van der Waals surface area (Å²) in [7, 11) is -4.11. The van der Waals surface area contributed by atoms with Crippen LogP contribution in [-0.4, -0.2) is 44.5 Å². The summed E-state index contributed by atoms with van der Waals surface area (Å²) in [5, 5.41) is 2.82. The van der Waals surface area contributed by atoms with Gasteiger partial charge in [0, 0.05) is 25.2 Å². The van der Waals surface area contributed by atoms with Crippen molar-refractivity contribution in [3.8, 4) is 5.88 Å². The van der Waals surface area contributed by atoms with Crippen molar-refractivity contribution in [2.75, 3.05) is 13.2 Å². The molecule has 1 aromatic carbocycles. The summed E-state index contributed by atoms with van der Waals surface area (Å²) < 4.78 is 36.4. The molecule has 2 aromatic rings. The van der Waals surface area contributed by atoms with E-state index in [1.165, 1.54) is 24.3 Å². The highest BCUT2D eigenvalue weighted by Gasteiger charge is 2.19. The van der Waals surface area contributed by atoms with E-state index in [4.69, 9.17) is 4.74 Å². The lowest BCUT2D eigenvalue weighted by atomic mass is 10.1. The number of sulfonamides is 1. The molecule has 2 N–H and O–H groups in total. The highest BCUT2D eigenvalue weighted by molar-refractivity contribution is 7.90. The first kappa shape index (κ1) is 25.8. The number of amides is 2. The number of aromatic nitrogens is 1. The molecule has 33 heavy (non-hydrogen) atoms. The number of hydrogen-bond donors (Lipinski definition) is 2. The molecule has 0 radical (unpaired) electrons. The Labute approximate surface area is 192 Å². The lowest BCUT2D eigenvalue weighted by Gasteiger charge is -2.09. The molecule has 1 heterocycles. The first-order valence-electron chi connectivity index (χ1n) is 10.5. The highest BCUT2D eigenvalue weighted by Crippen LogP contribution is 2.13. The molecule has 0 spiro atoms. The zero-order valence-corrected chi connectivity index (χ0v) is 19.3. The number of nitrogens with one attached hydrogen (secondary N) is 2. The Morgan fingerprint density at radius 1 is 1.03 bits per heavy atom. The first-order valence-corrected chi connectivity index (χ1v) is 12.0. The Balaban J connectivity index is 1.92. The third kappa shape index (κ3) is 8.53. The molecule has 0 aliphatic carbocycles. The second-order valence-electron chi connectivity index (χ2n) is 6.95. The van der Waals surface area contributed by atoms with Crippen LogP contribution in [0.15, 0.2) is 47.5 Å². The van der Waals surface area contributed by atoms with E-state index in [-0.39, 0.29) is 28.9 Å². The maximum atomic E-state index is 12.5. The predicted octanol–water partition coefficient (Wildman–Crippen LogP) is 2.58. The second kappa shape index (κ2) is 12.5. The van der Waals surface area contributed by atoms with Gasteiger partial charge in [-0.05, 0) is 43.5 Å². The number of hydrogen-bond acceptors (Lipinski definition) is 8. The largest absolute Gasteiger partial charge is 0.515 e. The number of rotatable bonds is 11.